The third kappa shape index (κ3) is 4.07. The molecule has 20 heavy (non-hydrogen) atoms. The number of aromatic hydroxyl groups is 1. The zero-order chi connectivity index (χ0) is 14.4. The van der Waals surface area contributed by atoms with E-state index in [2.05, 4.69) is 10.3 Å². The Balaban J connectivity index is 1.97. The van der Waals surface area contributed by atoms with Crippen molar-refractivity contribution in [1.82, 2.24) is 10.3 Å². The van der Waals surface area contributed by atoms with Crippen LogP contribution in [0, 0.1) is 0 Å². The number of aromatic nitrogens is 1. The van der Waals surface area contributed by atoms with Crippen molar-refractivity contribution in [2.45, 2.75) is 19.0 Å². The highest BCUT2D eigenvalue weighted by atomic mass is 16.4. The molecule has 5 heteroatoms. The number of hydrogen-bond acceptors (Lipinski definition) is 4. The molecule has 5 nitrogen and oxygen atoms in total. The molecule has 0 fully saturated rings. The molecular formula is C15H16N2O3. The molecule has 1 heterocycles. The molecule has 0 bridgehead atoms. The highest BCUT2D eigenvalue weighted by Crippen LogP contribution is 2.11. The van der Waals surface area contributed by atoms with E-state index < -0.39 is 12.0 Å². The van der Waals surface area contributed by atoms with Crippen molar-refractivity contribution in [1.29, 1.82) is 0 Å². The van der Waals surface area contributed by atoms with Gasteiger partial charge in [0.2, 0.25) is 0 Å². The van der Waals surface area contributed by atoms with Gasteiger partial charge in [-0.3, -0.25) is 15.1 Å². The number of rotatable bonds is 6. The molecule has 1 atom stereocenters. The van der Waals surface area contributed by atoms with Crippen molar-refractivity contribution >= 4 is 5.97 Å². The smallest absolute Gasteiger partial charge is 0.321 e. The molecule has 104 valence electrons. The lowest BCUT2D eigenvalue weighted by Gasteiger charge is -2.14. The van der Waals surface area contributed by atoms with Crippen molar-refractivity contribution in [2.75, 3.05) is 0 Å². The van der Waals surface area contributed by atoms with Gasteiger partial charge in [0.15, 0.2) is 0 Å². The van der Waals surface area contributed by atoms with Crippen LogP contribution in [0.4, 0.5) is 0 Å². The fourth-order valence-corrected chi connectivity index (χ4v) is 1.84. The Bertz CT molecular complexity index is 555. The van der Waals surface area contributed by atoms with Crippen LogP contribution >= 0.6 is 0 Å². The largest absolute Gasteiger partial charge is 0.508 e. The number of nitrogens with zero attached hydrogens (tertiary/aromatic N) is 1. The standard InChI is InChI=1S/C15H16N2O3/c18-13-6-4-11(5-7-13)9-14(15(19)20)17-10-12-3-1-2-8-16-12/h1-8,14,17-18H,9-10H2,(H,19,20). The normalized spacial score (nSPS) is 12.0. The van der Waals surface area contributed by atoms with Gasteiger partial charge in [-0.2, -0.15) is 0 Å². The topological polar surface area (TPSA) is 82.5 Å². The van der Waals surface area contributed by atoms with Gasteiger partial charge in [-0.05, 0) is 36.2 Å². The maximum atomic E-state index is 11.3. The van der Waals surface area contributed by atoms with Crippen LogP contribution in [-0.4, -0.2) is 27.2 Å². The van der Waals surface area contributed by atoms with Crippen molar-refractivity contribution in [3.63, 3.8) is 0 Å². The van der Waals surface area contributed by atoms with Crippen LogP contribution in [0.15, 0.2) is 48.7 Å². The minimum absolute atomic E-state index is 0.169. The van der Waals surface area contributed by atoms with E-state index in [9.17, 15) is 15.0 Å². The minimum atomic E-state index is -0.908. The number of phenolic OH excluding ortho intramolecular Hbond substituents is 1. The van der Waals surface area contributed by atoms with Crippen LogP contribution in [0.2, 0.25) is 0 Å². The van der Waals surface area contributed by atoms with Gasteiger partial charge in [-0.15, -0.1) is 0 Å². The van der Waals surface area contributed by atoms with Crippen molar-refractivity contribution in [3.05, 3.63) is 59.9 Å². The Kier molecular flexibility index (Phi) is 4.68. The predicted molar refractivity (Wildman–Crippen MR) is 74.3 cm³/mol. The van der Waals surface area contributed by atoms with Crippen LogP contribution < -0.4 is 5.32 Å². The second-order valence-electron chi connectivity index (χ2n) is 4.46. The van der Waals surface area contributed by atoms with E-state index in [-0.39, 0.29) is 5.75 Å². The number of benzene rings is 1. The molecule has 0 aliphatic rings. The van der Waals surface area contributed by atoms with Gasteiger partial charge < -0.3 is 10.2 Å². The van der Waals surface area contributed by atoms with E-state index >= 15 is 0 Å². The maximum absolute atomic E-state index is 11.3. The number of nitrogens with one attached hydrogen (secondary N) is 1. The molecule has 1 unspecified atom stereocenters. The van der Waals surface area contributed by atoms with E-state index in [1.807, 2.05) is 18.2 Å². The molecule has 0 aliphatic heterocycles. The van der Waals surface area contributed by atoms with Gasteiger partial charge >= 0.3 is 5.97 Å². The zero-order valence-corrected chi connectivity index (χ0v) is 10.9. The molecule has 2 aromatic rings. The lowest BCUT2D eigenvalue weighted by molar-refractivity contribution is -0.139. The van der Waals surface area contributed by atoms with Gasteiger partial charge in [0, 0.05) is 12.7 Å². The van der Waals surface area contributed by atoms with Gasteiger partial charge in [-0.1, -0.05) is 18.2 Å². The van der Waals surface area contributed by atoms with Crippen molar-refractivity contribution in [2.24, 2.45) is 0 Å². The fourth-order valence-electron chi connectivity index (χ4n) is 1.84. The Labute approximate surface area is 116 Å². The number of pyridine rings is 1. The van der Waals surface area contributed by atoms with Crippen LogP contribution in [0.1, 0.15) is 11.3 Å². The lowest BCUT2D eigenvalue weighted by Crippen LogP contribution is -2.38. The number of carboxylic acid groups (broad SMARTS) is 1. The van der Waals surface area contributed by atoms with Gasteiger partial charge in [-0.25, -0.2) is 0 Å². The number of carbonyl (C=O) groups is 1. The molecular weight excluding hydrogens is 256 g/mol. The summed E-state index contributed by atoms with van der Waals surface area (Å²) in [5.41, 5.74) is 1.65. The SMILES string of the molecule is O=C(O)C(Cc1ccc(O)cc1)NCc1ccccn1. The first-order valence-corrected chi connectivity index (χ1v) is 6.29. The van der Waals surface area contributed by atoms with E-state index in [0.717, 1.165) is 11.3 Å². The van der Waals surface area contributed by atoms with E-state index in [1.54, 1.807) is 30.5 Å². The predicted octanol–water partition coefficient (Wildman–Crippen LogP) is 1.57. The number of phenols is 1. The molecule has 0 radical (unpaired) electrons. The van der Waals surface area contributed by atoms with Gasteiger partial charge in [0.25, 0.3) is 0 Å². The lowest BCUT2D eigenvalue weighted by atomic mass is 10.1. The van der Waals surface area contributed by atoms with Gasteiger partial charge in [0.1, 0.15) is 11.8 Å². The summed E-state index contributed by atoms with van der Waals surface area (Å²) in [5.74, 6) is -0.740. The van der Waals surface area contributed by atoms with Crippen LogP contribution in [0.5, 0.6) is 5.75 Å². The molecule has 0 aliphatic carbocycles. The molecule has 0 saturated carbocycles. The summed E-state index contributed by atoms with van der Waals surface area (Å²) in [7, 11) is 0. The maximum Gasteiger partial charge on any atom is 0.321 e. The number of carboxylic acids is 1. The second kappa shape index (κ2) is 6.68. The highest BCUT2D eigenvalue weighted by molar-refractivity contribution is 5.73. The summed E-state index contributed by atoms with van der Waals surface area (Å²) in [6.45, 7) is 0.399. The monoisotopic (exact) mass is 272 g/mol. The van der Waals surface area contributed by atoms with E-state index in [4.69, 9.17) is 0 Å². The van der Waals surface area contributed by atoms with Crippen molar-refractivity contribution < 1.29 is 15.0 Å². The molecule has 1 aromatic heterocycles. The Morgan fingerprint density at radius 1 is 1.20 bits per heavy atom. The summed E-state index contributed by atoms with van der Waals surface area (Å²) < 4.78 is 0. The van der Waals surface area contributed by atoms with Crippen LogP contribution in [-0.2, 0) is 17.8 Å². The summed E-state index contributed by atoms with van der Waals surface area (Å²) in [6.07, 6.45) is 2.02. The third-order valence-corrected chi connectivity index (χ3v) is 2.93. The minimum Gasteiger partial charge on any atom is -0.508 e. The quantitative estimate of drug-likeness (QED) is 0.743. The Hall–Kier alpha value is -2.40. The average molecular weight is 272 g/mol. The Morgan fingerprint density at radius 3 is 2.55 bits per heavy atom. The summed E-state index contributed by atoms with van der Waals surface area (Å²) in [4.78, 5) is 15.4. The van der Waals surface area contributed by atoms with E-state index in [0.29, 0.717) is 13.0 Å². The van der Waals surface area contributed by atoms with Crippen molar-refractivity contribution in [3.8, 4) is 5.75 Å². The average Bonchev–Trinajstić information content (AvgIpc) is 2.46. The number of hydrogen-bond donors (Lipinski definition) is 3. The molecule has 1 aromatic carbocycles. The second-order valence-corrected chi connectivity index (χ2v) is 4.46. The first-order valence-electron chi connectivity index (χ1n) is 6.29. The van der Waals surface area contributed by atoms with Crippen LogP contribution in [0.25, 0.3) is 0 Å². The third-order valence-electron chi connectivity index (χ3n) is 2.93. The first-order chi connectivity index (χ1) is 9.65. The van der Waals surface area contributed by atoms with Crippen LogP contribution in [0.3, 0.4) is 0 Å². The number of aliphatic carboxylic acids is 1. The fraction of sp³-hybridized carbons (Fsp3) is 0.200. The molecule has 3 N–H and O–H groups in total. The zero-order valence-electron chi connectivity index (χ0n) is 10.9. The first kappa shape index (κ1) is 14.0. The highest BCUT2D eigenvalue weighted by Gasteiger charge is 2.17. The molecule has 0 saturated heterocycles. The molecule has 2 rings (SSSR count). The summed E-state index contributed by atoms with van der Waals surface area (Å²) in [6, 6.07) is 11.4. The van der Waals surface area contributed by atoms with Gasteiger partial charge in [0.05, 0.1) is 5.69 Å². The summed E-state index contributed by atoms with van der Waals surface area (Å²) in [5, 5.41) is 21.4. The van der Waals surface area contributed by atoms with E-state index in [1.165, 1.54) is 0 Å². The molecule has 0 spiro atoms. The summed E-state index contributed by atoms with van der Waals surface area (Å²) >= 11 is 0. The Morgan fingerprint density at radius 2 is 1.95 bits per heavy atom. The molecule has 0 amide bonds.